The molecule has 0 saturated carbocycles. The molecule has 4 aromatic rings. The van der Waals surface area contributed by atoms with Crippen LogP contribution in [-0.4, -0.2) is 44.3 Å². The lowest BCUT2D eigenvalue weighted by Crippen LogP contribution is -2.53. The number of rotatable bonds is 12. The quantitative estimate of drug-likeness (QED) is 0.190. The molecule has 0 heterocycles. The molecule has 4 rings (SSSR count). The smallest absolute Gasteiger partial charge is 0.264 e. The largest absolute Gasteiger partial charge is 0.355 e. The third-order valence-electron chi connectivity index (χ3n) is 7.27. The van der Waals surface area contributed by atoms with Crippen molar-refractivity contribution in [3.05, 3.63) is 129 Å². The summed E-state index contributed by atoms with van der Waals surface area (Å²) in [6.07, 6.45) is 0.267. The molecule has 0 aliphatic carbocycles. The van der Waals surface area contributed by atoms with Crippen LogP contribution >= 0.6 is 15.9 Å². The molecule has 230 valence electrons. The lowest BCUT2D eigenvalue weighted by atomic mass is 10.0. The second-order valence-electron chi connectivity index (χ2n) is 10.9. The zero-order valence-electron chi connectivity index (χ0n) is 25.5. The van der Waals surface area contributed by atoms with Gasteiger partial charge in [-0.1, -0.05) is 82.2 Å². The Bertz CT molecular complexity index is 1670. The lowest BCUT2D eigenvalue weighted by Gasteiger charge is -2.34. The number of likely N-dealkylation sites (N-methyl/N-ethyl adjacent to an activating group) is 1. The van der Waals surface area contributed by atoms with E-state index in [2.05, 4.69) is 21.2 Å². The molecule has 0 saturated heterocycles. The van der Waals surface area contributed by atoms with Gasteiger partial charge in [0.25, 0.3) is 10.0 Å². The van der Waals surface area contributed by atoms with Crippen molar-refractivity contribution in [3.63, 3.8) is 0 Å². The summed E-state index contributed by atoms with van der Waals surface area (Å²) in [5, 5.41) is 2.89. The first-order chi connectivity index (χ1) is 21.0. The summed E-state index contributed by atoms with van der Waals surface area (Å²) < 4.78 is 30.4. The standard InChI is InChI=1S/C35H38BrN3O4S/c1-5-37-35(41)33(22-28-9-7-6-8-10-28)38(23-29-13-15-30(36)16-14-29)34(40)24-39(31-20-26(3)19-27(4)21-31)44(42,43)32-17-11-25(2)12-18-32/h6-21,33H,5,22-24H2,1-4H3,(H,37,41)/t33-/m0/s1. The van der Waals surface area contributed by atoms with Gasteiger partial charge in [0.2, 0.25) is 11.8 Å². The predicted molar refractivity (Wildman–Crippen MR) is 179 cm³/mol. The van der Waals surface area contributed by atoms with E-state index in [9.17, 15) is 18.0 Å². The highest BCUT2D eigenvalue weighted by atomic mass is 79.9. The summed E-state index contributed by atoms with van der Waals surface area (Å²) in [5.41, 5.74) is 4.74. The molecule has 0 fully saturated rings. The number of halogens is 1. The Morgan fingerprint density at radius 3 is 2.00 bits per heavy atom. The van der Waals surface area contributed by atoms with Gasteiger partial charge < -0.3 is 10.2 Å². The molecule has 7 nitrogen and oxygen atoms in total. The molecule has 0 aliphatic heterocycles. The van der Waals surface area contributed by atoms with E-state index in [0.717, 1.165) is 36.6 Å². The maximum absolute atomic E-state index is 14.5. The Morgan fingerprint density at radius 2 is 1.41 bits per heavy atom. The van der Waals surface area contributed by atoms with Crippen molar-refractivity contribution < 1.29 is 18.0 Å². The highest BCUT2D eigenvalue weighted by Crippen LogP contribution is 2.27. The fourth-order valence-electron chi connectivity index (χ4n) is 5.09. The van der Waals surface area contributed by atoms with Gasteiger partial charge in [-0.15, -0.1) is 0 Å². The van der Waals surface area contributed by atoms with Gasteiger partial charge in [0, 0.05) is 24.0 Å². The van der Waals surface area contributed by atoms with Gasteiger partial charge in [0.1, 0.15) is 12.6 Å². The lowest BCUT2D eigenvalue weighted by molar-refractivity contribution is -0.140. The first kappa shape index (κ1) is 33.0. The molecular weight excluding hydrogens is 638 g/mol. The summed E-state index contributed by atoms with van der Waals surface area (Å²) in [6, 6.07) is 28.2. The van der Waals surface area contributed by atoms with Crippen LogP contribution < -0.4 is 9.62 Å². The van der Waals surface area contributed by atoms with Crippen molar-refractivity contribution >= 4 is 43.5 Å². The highest BCUT2D eigenvalue weighted by molar-refractivity contribution is 9.10. The SMILES string of the molecule is CCNC(=O)[C@H](Cc1ccccc1)N(Cc1ccc(Br)cc1)C(=O)CN(c1cc(C)cc(C)c1)S(=O)(=O)c1ccc(C)cc1. The number of hydrogen-bond acceptors (Lipinski definition) is 4. The fraction of sp³-hybridized carbons (Fsp3) is 0.257. The van der Waals surface area contributed by atoms with Crippen LogP contribution in [0.1, 0.15) is 34.7 Å². The summed E-state index contributed by atoms with van der Waals surface area (Å²) in [7, 11) is -4.15. The van der Waals surface area contributed by atoms with Crippen LogP contribution in [0.4, 0.5) is 5.69 Å². The van der Waals surface area contributed by atoms with E-state index in [-0.39, 0.29) is 23.8 Å². The average molecular weight is 677 g/mol. The molecule has 0 aliphatic rings. The second kappa shape index (κ2) is 14.7. The zero-order valence-corrected chi connectivity index (χ0v) is 27.9. The number of nitrogens with zero attached hydrogens (tertiary/aromatic N) is 2. The summed E-state index contributed by atoms with van der Waals surface area (Å²) in [6.45, 7) is 7.51. The van der Waals surface area contributed by atoms with Gasteiger partial charge >= 0.3 is 0 Å². The van der Waals surface area contributed by atoms with Crippen LogP contribution in [0.3, 0.4) is 0 Å². The van der Waals surface area contributed by atoms with Crippen molar-refractivity contribution in [1.29, 1.82) is 0 Å². The maximum atomic E-state index is 14.5. The normalized spacial score (nSPS) is 11.9. The van der Waals surface area contributed by atoms with Crippen molar-refractivity contribution in [2.24, 2.45) is 0 Å². The van der Waals surface area contributed by atoms with Crippen LogP contribution in [0, 0.1) is 20.8 Å². The third-order valence-corrected chi connectivity index (χ3v) is 9.59. The van der Waals surface area contributed by atoms with Gasteiger partial charge in [-0.2, -0.15) is 0 Å². The van der Waals surface area contributed by atoms with Gasteiger partial charge in [0.05, 0.1) is 10.6 Å². The number of carbonyl (C=O) groups excluding carboxylic acids is 2. The Hall–Kier alpha value is -3.95. The number of sulfonamides is 1. The predicted octanol–water partition coefficient (Wildman–Crippen LogP) is 6.35. The van der Waals surface area contributed by atoms with Gasteiger partial charge in [-0.25, -0.2) is 8.42 Å². The van der Waals surface area contributed by atoms with E-state index in [0.29, 0.717) is 12.2 Å². The molecule has 0 spiro atoms. The minimum absolute atomic E-state index is 0.0825. The number of hydrogen-bond donors (Lipinski definition) is 1. The van der Waals surface area contributed by atoms with Crippen LogP contribution in [0.5, 0.6) is 0 Å². The fourth-order valence-corrected chi connectivity index (χ4v) is 6.76. The Labute approximate surface area is 269 Å². The zero-order chi connectivity index (χ0) is 31.9. The molecule has 44 heavy (non-hydrogen) atoms. The van der Waals surface area contributed by atoms with E-state index >= 15 is 0 Å². The average Bonchev–Trinajstić information content (AvgIpc) is 2.98. The molecular formula is C35H38BrN3O4S. The van der Waals surface area contributed by atoms with Crippen LogP contribution in [-0.2, 0) is 32.6 Å². The highest BCUT2D eigenvalue weighted by Gasteiger charge is 2.34. The van der Waals surface area contributed by atoms with E-state index in [4.69, 9.17) is 0 Å². The summed E-state index contributed by atoms with van der Waals surface area (Å²) in [4.78, 5) is 29.6. The summed E-state index contributed by atoms with van der Waals surface area (Å²) >= 11 is 3.46. The maximum Gasteiger partial charge on any atom is 0.264 e. The molecule has 9 heteroatoms. The number of amides is 2. The van der Waals surface area contributed by atoms with E-state index in [1.54, 1.807) is 36.4 Å². The molecule has 0 aromatic heterocycles. The van der Waals surface area contributed by atoms with Crippen molar-refractivity contribution in [2.75, 3.05) is 17.4 Å². The molecule has 1 atom stereocenters. The Kier molecular flexibility index (Phi) is 11.0. The van der Waals surface area contributed by atoms with Crippen LogP contribution in [0.15, 0.2) is 106 Å². The molecule has 0 bridgehead atoms. The number of benzene rings is 4. The molecule has 0 unspecified atom stereocenters. The van der Waals surface area contributed by atoms with Gasteiger partial charge in [0.15, 0.2) is 0 Å². The molecule has 4 aromatic carbocycles. The monoisotopic (exact) mass is 675 g/mol. The first-order valence-electron chi connectivity index (χ1n) is 14.5. The third kappa shape index (κ3) is 8.36. The van der Waals surface area contributed by atoms with E-state index in [1.807, 2.05) is 88.4 Å². The molecule has 1 N–H and O–H groups in total. The van der Waals surface area contributed by atoms with Crippen LogP contribution in [0.2, 0.25) is 0 Å². The Balaban J connectivity index is 1.81. The summed E-state index contributed by atoms with van der Waals surface area (Å²) in [5.74, 6) is -0.795. The van der Waals surface area contributed by atoms with Gasteiger partial charge in [-0.05, 0) is 86.3 Å². The van der Waals surface area contributed by atoms with Crippen LogP contribution in [0.25, 0.3) is 0 Å². The minimum Gasteiger partial charge on any atom is -0.355 e. The van der Waals surface area contributed by atoms with Crippen molar-refractivity contribution in [3.8, 4) is 0 Å². The first-order valence-corrected chi connectivity index (χ1v) is 16.7. The van der Waals surface area contributed by atoms with E-state index in [1.165, 1.54) is 4.90 Å². The number of carbonyl (C=O) groups is 2. The van der Waals surface area contributed by atoms with Crippen molar-refractivity contribution in [1.82, 2.24) is 10.2 Å². The number of aryl methyl sites for hydroxylation is 3. The van der Waals surface area contributed by atoms with Crippen molar-refractivity contribution in [2.45, 2.75) is 51.6 Å². The minimum atomic E-state index is -4.15. The van der Waals surface area contributed by atoms with Gasteiger partial charge in [-0.3, -0.25) is 13.9 Å². The van der Waals surface area contributed by atoms with E-state index < -0.39 is 28.5 Å². The molecule has 2 amide bonds. The molecule has 0 radical (unpaired) electrons. The number of anilines is 1. The number of nitrogens with one attached hydrogen (secondary N) is 1. The Morgan fingerprint density at radius 1 is 0.795 bits per heavy atom. The topological polar surface area (TPSA) is 86.8 Å². The second-order valence-corrected chi connectivity index (χ2v) is 13.7.